The van der Waals surface area contributed by atoms with Gasteiger partial charge in [-0.15, -0.1) is 24.0 Å². The predicted molar refractivity (Wildman–Crippen MR) is 115 cm³/mol. The van der Waals surface area contributed by atoms with Crippen molar-refractivity contribution in [3.05, 3.63) is 59.9 Å². The molecule has 1 unspecified atom stereocenters. The van der Waals surface area contributed by atoms with Gasteiger partial charge in [0.2, 0.25) is 0 Å². The zero-order valence-electron chi connectivity index (χ0n) is 14.9. The molecule has 27 heavy (non-hydrogen) atoms. The van der Waals surface area contributed by atoms with Crippen LogP contribution in [0.2, 0.25) is 0 Å². The molecule has 146 valence electrons. The SMILES string of the molecule is I.NC(=NCC1CCN(c2ccc(F)c(F)c2)C1)NCCc1ccccn1. The first kappa shape index (κ1) is 21.3. The number of nitrogens with one attached hydrogen (secondary N) is 1. The third-order valence-electron chi connectivity index (χ3n) is 4.49. The van der Waals surface area contributed by atoms with Gasteiger partial charge in [0.05, 0.1) is 0 Å². The highest BCUT2D eigenvalue weighted by molar-refractivity contribution is 14.0. The molecule has 1 aliphatic heterocycles. The van der Waals surface area contributed by atoms with Crippen molar-refractivity contribution in [2.75, 3.05) is 31.1 Å². The maximum Gasteiger partial charge on any atom is 0.188 e. The van der Waals surface area contributed by atoms with E-state index in [1.54, 1.807) is 12.3 Å². The number of nitrogens with zero attached hydrogens (tertiary/aromatic N) is 3. The summed E-state index contributed by atoms with van der Waals surface area (Å²) in [4.78, 5) is 10.7. The summed E-state index contributed by atoms with van der Waals surface area (Å²) in [5, 5.41) is 3.09. The Morgan fingerprint density at radius 3 is 2.85 bits per heavy atom. The van der Waals surface area contributed by atoms with Gasteiger partial charge in [-0.05, 0) is 36.6 Å². The van der Waals surface area contributed by atoms with Gasteiger partial charge >= 0.3 is 0 Å². The summed E-state index contributed by atoms with van der Waals surface area (Å²) in [6.45, 7) is 2.86. The van der Waals surface area contributed by atoms with E-state index >= 15 is 0 Å². The number of hydrogen-bond donors (Lipinski definition) is 2. The van der Waals surface area contributed by atoms with Crippen LogP contribution in [0.25, 0.3) is 0 Å². The Morgan fingerprint density at radius 1 is 1.26 bits per heavy atom. The lowest BCUT2D eigenvalue weighted by Crippen LogP contribution is -2.34. The van der Waals surface area contributed by atoms with Crippen LogP contribution >= 0.6 is 24.0 Å². The average Bonchev–Trinajstić information content (AvgIpc) is 3.12. The Morgan fingerprint density at radius 2 is 2.11 bits per heavy atom. The second kappa shape index (κ2) is 10.4. The van der Waals surface area contributed by atoms with Crippen molar-refractivity contribution >= 4 is 35.6 Å². The summed E-state index contributed by atoms with van der Waals surface area (Å²) in [5.74, 6) is -0.865. The average molecular weight is 487 g/mol. The smallest absolute Gasteiger partial charge is 0.188 e. The molecule has 0 saturated carbocycles. The minimum Gasteiger partial charge on any atom is -0.371 e. The molecule has 5 nitrogen and oxygen atoms in total. The fourth-order valence-corrected chi connectivity index (χ4v) is 3.05. The Labute approximate surface area is 175 Å². The lowest BCUT2D eigenvalue weighted by atomic mass is 10.1. The normalized spacial score (nSPS) is 16.9. The lowest BCUT2D eigenvalue weighted by Gasteiger charge is -2.18. The zero-order chi connectivity index (χ0) is 18.4. The molecule has 1 fully saturated rings. The molecule has 8 heteroatoms. The molecular formula is C19H24F2IN5. The van der Waals surface area contributed by atoms with E-state index in [-0.39, 0.29) is 24.0 Å². The topological polar surface area (TPSA) is 66.5 Å². The van der Waals surface area contributed by atoms with Gasteiger partial charge in [0.1, 0.15) is 0 Å². The van der Waals surface area contributed by atoms with Crippen molar-refractivity contribution in [1.29, 1.82) is 0 Å². The maximum absolute atomic E-state index is 13.4. The molecule has 2 heterocycles. The van der Waals surface area contributed by atoms with Crippen molar-refractivity contribution < 1.29 is 8.78 Å². The van der Waals surface area contributed by atoms with Crippen LogP contribution < -0.4 is 16.0 Å². The van der Waals surface area contributed by atoms with Crippen LogP contribution in [0.15, 0.2) is 47.6 Å². The highest BCUT2D eigenvalue weighted by Crippen LogP contribution is 2.25. The van der Waals surface area contributed by atoms with Crippen molar-refractivity contribution in [2.45, 2.75) is 12.8 Å². The van der Waals surface area contributed by atoms with Gasteiger partial charge in [-0.25, -0.2) is 8.78 Å². The summed E-state index contributed by atoms with van der Waals surface area (Å²) >= 11 is 0. The second-order valence-electron chi connectivity index (χ2n) is 6.42. The number of halogens is 3. The molecule has 0 aliphatic carbocycles. The maximum atomic E-state index is 13.4. The fraction of sp³-hybridized carbons (Fsp3) is 0.368. The molecular weight excluding hydrogens is 463 g/mol. The third-order valence-corrected chi connectivity index (χ3v) is 4.49. The number of nitrogens with two attached hydrogens (primary N) is 1. The standard InChI is InChI=1S/C19H23F2N5.HI/c20-17-5-4-16(11-18(17)21)26-10-7-14(13-26)12-25-19(22)24-9-6-15-3-1-2-8-23-15;/h1-5,8,11,14H,6-7,9-10,12-13H2,(H3,22,24,25);1H. The van der Waals surface area contributed by atoms with E-state index in [1.807, 2.05) is 23.1 Å². The molecule has 1 aromatic carbocycles. The molecule has 1 aliphatic rings. The summed E-state index contributed by atoms with van der Waals surface area (Å²) < 4.78 is 26.4. The number of aliphatic imine (C=N–C) groups is 1. The van der Waals surface area contributed by atoms with E-state index in [0.717, 1.165) is 31.6 Å². The molecule has 0 radical (unpaired) electrons. The van der Waals surface area contributed by atoms with Gasteiger partial charge in [-0.1, -0.05) is 6.07 Å². The fourth-order valence-electron chi connectivity index (χ4n) is 3.05. The van der Waals surface area contributed by atoms with Crippen molar-refractivity contribution in [3.8, 4) is 0 Å². The van der Waals surface area contributed by atoms with Gasteiger partial charge in [0.25, 0.3) is 0 Å². The van der Waals surface area contributed by atoms with E-state index in [2.05, 4.69) is 15.3 Å². The van der Waals surface area contributed by atoms with Gasteiger partial charge in [-0.2, -0.15) is 0 Å². The van der Waals surface area contributed by atoms with Gasteiger partial charge in [-0.3, -0.25) is 9.98 Å². The Hall–Kier alpha value is -1.97. The zero-order valence-corrected chi connectivity index (χ0v) is 17.3. The first-order valence-corrected chi connectivity index (χ1v) is 8.75. The monoisotopic (exact) mass is 487 g/mol. The lowest BCUT2D eigenvalue weighted by molar-refractivity contribution is 0.508. The van der Waals surface area contributed by atoms with Crippen molar-refractivity contribution in [2.24, 2.45) is 16.6 Å². The van der Waals surface area contributed by atoms with Crippen molar-refractivity contribution in [1.82, 2.24) is 10.3 Å². The molecule has 2 aromatic rings. The van der Waals surface area contributed by atoms with E-state index in [4.69, 9.17) is 5.73 Å². The van der Waals surface area contributed by atoms with E-state index in [1.165, 1.54) is 12.1 Å². The van der Waals surface area contributed by atoms with Crippen LogP contribution in [0, 0.1) is 17.6 Å². The summed E-state index contributed by atoms with van der Waals surface area (Å²) in [7, 11) is 0. The van der Waals surface area contributed by atoms with Crippen LogP contribution in [0.1, 0.15) is 12.1 Å². The van der Waals surface area contributed by atoms with Crippen LogP contribution in [0.3, 0.4) is 0 Å². The van der Waals surface area contributed by atoms with Crippen LogP contribution in [0.5, 0.6) is 0 Å². The number of pyridine rings is 1. The Balaban J connectivity index is 0.00000261. The molecule has 0 spiro atoms. The Bertz CT molecular complexity index is 757. The molecule has 3 rings (SSSR count). The largest absolute Gasteiger partial charge is 0.371 e. The summed E-state index contributed by atoms with van der Waals surface area (Å²) in [5.41, 5.74) is 7.62. The van der Waals surface area contributed by atoms with Gasteiger partial charge < -0.3 is 16.0 Å². The minimum absolute atomic E-state index is 0. The number of rotatable bonds is 6. The first-order chi connectivity index (χ1) is 12.6. The van der Waals surface area contributed by atoms with E-state index in [0.29, 0.717) is 30.7 Å². The molecule has 0 bridgehead atoms. The first-order valence-electron chi connectivity index (χ1n) is 8.75. The highest BCUT2D eigenvalue weighted by atomic mass is 127. The number of guanidine groups is 1. The second-order valence-corrected chi connectivity index (χ2v) is 6.42. The molecule has 3 N–H and O–H groups in total. The van der Waals surface area contributed by atoms with Crippen LogP contribution in [-0.4, -0.2) is 37.1 Å². The number of hydrogen-bond acceptors (Lipinski definition) is 3. The number of aromatic nitrogens is 1. The molecule has 0 amide bonds. The van der Waals surface area contributed by atoms with Gasteiger partial charge in [0, 0.05) is 56.2 Å². The van der Waals surface area contributed by atoms with Crippen molar-refractivity contribution in [3.63, 3.8) is 0 Å². The highest BCUT2D eigenvalue weighted by Gasteiger charge is 2.23. The van der Waals surface area contributed by atoms with E-state index < -0.39 is 11.6 Å². The van der Waals surface area contributed by atoms with Crippen LogP contribution in [0.4, 0.5) is 14.5 Å². The minimum atomic E-state index is -0.821. The summed E-state index contributed by atoms with van der Waals surface area (Å²) in [6, 6.07) is 9.84. The molecule has 1 saturated heterocycles. The number of anilines is 1. The number of benzene rings is 1. The quantitative estimate of drug-likeness (QED) is 0.374. The summed E-state index contributed by atoms with van der Waals surface area (Å²) in [6.07, 6.45) is 3.50. The van der Waals surface area contributed by atoms with E-state index in [9.17, 15) is 8.78 Å². The Kier molecular flexibility index (Phi) is 8.21. The molecule has 1 atom stereocenters. The predicted octanol–water partition coefficient (Wildman–Crippen LogP) is 2.95. The molecule has 1 aromatic heterocycles. The van der Waals surface area contributed by atoms with Gasteiger partial charge in [0.15, 0.2) is 17.6 Å². The third kappa shape index (κ3) is 6.30. The van der Waals surface area contributed by atoms with Crippen LogP contribution in [-0.2, 0) is 6.42 Å².